The lowest BCUT2D eigenvalue weighted by atomic mass is 9.91. The zero-order chi connectivity index (χ0) is 19.3. The van der Waals surface area contributed by atoms with Gasteiger partial charge in [-0.1, -0.05) is 26.0 Å². The van der Waals surface area contributed by atoms with E-state index in [0.29, 0.717) is 0 Å². The Bertz CT molecular complexity index is 1240. The van der Waals surface area contributed by atoms with Crippen molar-refractivity contribution < 1.29 is 8.98 Å². The van der Waals surface area contributed by atoms with E-state index in [1.165, 1.54) is 5.56 Å². The van der Waals surface area contributed by atoms with Crippen LogP contribution in [0.1, 0.15) is 42.0 Å². The Balaban J connectivity index is 2.18. The summed E-state index contributed by atoms with van der Waals surface area (Å²) >= 11 is 0. The summed E-state index contributed by atoms with van der Waals surface area (Å²) in [6.07, 6.45) is 2.05. The minimum Gasteiger partial charge on any atom is -0.455 e. The molecule has 4 aromatic rings. The third kappa shape index (κ3) is 2.52. The second kappa shape index (κ2) is 6.25. The van der Waals surface area contributed by atoms with Gasteiger partial charge in [0.25, 0.3) is 0 Å². The van der Waals surface area contributed by atoms with Crippen LogP contribution in [0.3, 0.4) is 0 Å². The maximum Gasteiger partial charge on any atom is 0.216 e. The van der Waals surface area contributed by atoms with E-state index in [9.17, 15) is 5.26 Å². The maximum atomic E-state index is 9.69. The largest absolute Gasteiger partial charge is 0.455 e. The average Bonchev–Trinajstić information content (AvgIpc) is 3.01. The van der Waals surface area contributed by atoms with Crippen molar-refractivity contribution in [1.29, 1.82) is 5.26 Å². The highest BCUT2D eigenvalue weighted by Crippen LogP contribution is 2.40. The highest BCUT2D eigenvalue weighted by atomic mass is 16.3. The molecule has 0 radical (unpaired) electrons. The van der Waals surface area contributed by atoms with Crippen molar-refractivity contribution in [3.8, 4) is 17.3 Å². The first kappa shape index (κ1) is 17.3. The number of rotatable bonds is 2. The summed E-state index contributed by atoms with van der Waals surface area (Å²) in [5.41, 5.74) is 8.05. The molecule has 4 rings (SSSR count). The van der Waals surface area contributed by atoms with Gasteiger partial charge < -0.3 is 4.42 Å². The lowest BCUT2D eigenvalue weighted by Gasteiger charge is -2.12. The van der Waals surface area contributed by atoms with Crippen molar-refractivity contribution >= 4 is 21.9 Å². The average molecular weight is 355 g/mol. The SMILES string of the molecule is Cc1ccc2c(oc3c(C)c(C(C)C)c(C#N)cc32)c1-c1cccc[n+]1C. The second-order valence-electron chi connectivity index (χ2n) is 7.54. The van der Waals surface area contributed by atoms with Crippen molar-refractivity contribution in [1.82, 2.24) is 0 Å². The van der Waals surface area contributed by atoms with Crippen LogP contribution in [0, 0.1) is 25.2 Å². The molecule has 0 bridgehead atoms. The molecule has 0 fully saturated rings. The molecule has 2 heterocycles. The summed E-state index contributed by atoms with van der Waals surface area (Å²) in [4.78, 5) is 0. The van der Waals surface area contributed by atoms with Crippen LogP contribution < -0.4 is 4.57 Å². The molecule has 0 N–H and O–H groups in total. The third-order valence-corrected chi connectivity index (χ3v) is 5.44. The van der Waals surface area contributed by atoms with Crippen molar-refractivity contribution in [3.05, 3.63) is 64.8 Å². The number of nitriles is 1. The van der Waals surface area contributed by atoms with Crippen molar-refractivity contribution in [3.63, 3.8) is 0 Å². The van der Waals surface area contributed by atoms with Crippen molar-refractivity contribution in [2.24, 2.45) is 7.05 Å². The van der Waals surface area contributed by atoms with Gasteiger partial charge in [0.2, 0.25) is 5.69 Å². The molecule has 0 aliphatic carbocycles. The summed E-state index contributed by atoms with van der Waals surface area (Å²) in [7, 11) is 2.05. The normalized spacial score (nSPS) is 11.4. The minimum atomic E-state index is 0.269. The Kier molecular flexibility index (Phi) is 4.00. The molecule has 27 heavy (non-hydrogen) atoms. The number of nitrogens with zero attached hydrogens (tertiary/aromatic N) is 2. The standard InChI is InChI=1S/C24H23N2O/c1-14(2)21-16(4)23-19(12-17(21)13-25)18-10-9-15(3)22(24(18)27-23)20-8-6-7-11-26(20)5/h6-12,14H,1-5H3/q+1. The topological polar surface area (TPSA) is 40.8 Å². The zero-order valence-corrected chi connectivity index (χ0v) is 16.4. The third-order valence-electron chi connectivity index (χ3n) is 5.44. The smallest absolute Gasteiger partial charge is 0.216 e. The van der Waals surface area contributed by atoms with Gasteiger partial charge >= 0.3 is 0 Å². The predicted molar refractivity (Wildman–Crippen MR) is 109 cm³/mol. The highest BCUT2D eigenvalue weighted by molar-refractivity contribution is 6.11. The van der Waals surface area contributed by atoms with E-state index in [0.717, 1.165) is 49.9 Å². The summed E-state index contributed by atoms with van der Waals surface area (Å²) < 4.78 is 8.59. The van der Waals surface area contributed by atoms with Gasteiger partial charge in [-0.05, 0) is 48.6 Å². The molecular formula is C24H23N2O+. The van der Waals surface area contributed by atoms with Gasteiger partial charge in [-0.25, -0.2) is 4.57 Å². The van der Waals surface area contributed by atoms with Gasteiger partial charge in [-0.3, -0.25) is 0 Å². The number of hydrogen-bond donors (Lipinski definition) is 0. The Morgan fingerprint density at radius 2 is 1.81 bits per heavy atom. The Labute approximate surface area is 159 Å². The van der Waals surface area contributed by atoms with E-state index >= 15 is 0 Å². The van der Waals surface area contributed by atoms with Gasteiger partial charge in [0.05, 0.1) is 17.2 Å². The summed E-state index contributed by atoms with van der Waals surface area (Å²) in [6, 6.07) is 14.8. The number of aromatic nitrogens is 1. The molecule has 0 aliphatic heterocycles. The Morgan fingerprint density at radius 1 is 1.04 bits per heavy atom. The number of hydrogen-bond acceptors (Lipinski definition) is 2. The van der Waals surface area contributed by atoms with Crippen LogP contribution in [0.2, 0.25) is 0 Å². The molecule has 2 aromatic heterocycles. The molecule has 0 amide bonds. The van der Waals surface area contributed by atoms with Crippen molar-refractivity contribution in [2.75, 3.05) is 0 Å². The first-order chi connectivity index (χ1) is 12.9. The molecule has 0 unspecified atom stereocenters. The van der Waals surface area contributed by atoms with Crippen molar-refractivity contribution in [2.45, 2.75) is 33.6 Å². The molecule has 2 aromatic carbocycles. The second-order valence-corrected chi connectivity index (χ2v) is 7.54. The first-order valence-corrected chi connectivity index (χ1v) is 9.28. The number of aryl methyl sites for hydroxylation is 3. The zero-order valence-electron chi connectivity index (χ0n) is 16.4. The van der Waals surface area contributed by atoms with E-state index in [1.54, 1.807) is 0 Å². The lowest BCUT2D eigenvalue weighted by molar-refractivity contribution is -0.660. The molecule has 0 aliphatic rings. The van der Waals surface area contributed by atoms with Crippen LogP contribution in [-0.2, 0) is 7.05 Å². The summed E-state index contributed by atoms with van der Waals surface area (Å²) in [6.45, 7) is 8.42. The number of pyridine rings is 1. The first-order valence-electron chi connectivity index (χ1n) is 9.28. The molecule has 0 atom stereocenters. The van der Waals surface area contributed by atoms with E-state index in [1.807, 2.05) is 31.4 Å². The Hall–Kier alpha value is -3.12. The van der Waals surface area contributed by atoms with Gasteiger partial charge in [0, 0.05) is 22.9 Å². The fourth-order valence-electron chi connectivity index (χ4n) is 4.18. The highest BCUT2D eigenvalue weighted by Gasteiger charge is 2.23. The van der Waals surface area contributed by atoms with Gasteiger partial charge in [0.15, 0.2) is 6.20 Å². The minimum absolute atomic E-state index is 0.269. The molecule has 134 valence electrons. The lowest BCUT2D eigenvalue weighted by Crippen LogP contribution is -2.30. The van der Waals surface area contributed by atoms with Crippen LogP contribution in [-0.4, -0.2) is 0 Å². The summed E-state index contributed by atoms with van der Waals surface area (Å²) in [5.74, 6) is 0.269. The monoisotopic (exact) mass is 355 g/mol. The number of furan rings is 1. The molecular weight excluding hydrogens is 332 g/mol. The van der Waals surface area contributed by atoms with Crippen LogP contribution in [0.15, 0.2) is 47.0 Å². The van der Waals surface area contributed by atoms with Gasteiger partial charge in [-0.2, -0.15) is 5.26 Å². The molecule has 0 saturated carbocycles. The van der Waals surface area contributed by atoms with Crippen LogP contribution in [0.5, 0.6) is 0 Å². The predicted octanol–water partition coefficient (Wildman–Crippen LogP) is 5.69. The quantitative estimate of drug-likeness (QED) is 0.433. The van der Waals surface area contributed by atoms with Crippen LogP contribution in [0.4, 0.5) is 0 Å². The number of fused-ring (bicyclic) bond motifs is 3. The van der Waals surface area contributed by atoms with E-state index in [4.69, 9.17) is 4.42 Å². The van der Waals surface area contributed by atoms with E-state index in [-0.39, 0.29) is 5.92 Å². The fraction of sp³-hybridized carbons (Fsp3) is 0.250. The van der Waals surface area contributed by atoms with Crippen LogP contribution >= 0.6 is 0 Å². The maximum absolute atomic E-state index is 9.69. The fourth-order valence-corrected chi connectivity index (χ4v) is 4.18. The molecule has 0 spiro atoms. The van der Waals surface area contributed by atoms with E-state index < -0.39 is 0 Å². The van der Waals surface area contributed by atoms with Gasteiger partial charge in [-0.15, -0.1) is 0 Å². The number of benzene rings is 2. The summed E-state index contributed by atoms with van der Waals surface area (Å²) in [5, 5.41) is 11.8. The van der Waals surface area contributed by atoms with Crippen LogP contribution in [0.25, 0.3) is 33.2 Å². The van der Waals surface area contributed by atoms with Gasteiger partial charge in [0.1, 0.15) is 18.2 Å². The van der Waals surface area contributed by atoms with E-state index in [2.05, 4.69) is 56.5 Å². The molecule has 3 heteroatoms. The Morgan fingerprint density at radius 3 is 2.48 bits per heavy atom. The molecule has 0 saturated heterocycles. The molecule has 3 nitrogen and oxygen atoms in total.